The second-order valence-corrected chi connectivity index (χ2v) is 6.15. The van der Waals surface area contributed by atoms with Crippen LogP contribution in [0.25, 0.3) is 10.9 Å². The average molecular weight is 358 g/mol. The van der Waals surface area contributed by atoms with E-state index >= 15 is 0 Å². The lowest BCUT2D eigenvalue weighted by Gasteiger charge is -2.07. The monoisotopic (exact) mass is 357 g/mol. The molecule has 2 aromatic carbocycles. The molecule has 0 atom stereocenters. The lowest BCUT2D eigenvalue weighted by molar-refractivity contribution is -0.121. The van der Waals surface area contributed by atoms with Crippen LogP contribution in [0.15, 0.2) is 48.7 Å². The number of ether oxygens (including phenoxy) is 1. The highest BCUT2D eigenvalue weighted by Gasteiger charge is 2.07. The highest BCUT2D eigenvalue weighted by molar-refractivity contribution is 6.35. The Labute approximate surface area is 151 Å². The summed E-state index contributed by atoms with van der Waals surface area (Å²) in [6, 6.07) is 13.5. The smallest absolute Gasteiger partial charge is 0.221 e. The first-order valence-corrected chi connectivity index (χ1v) is 8.55. The van der Waals surface area contributed by atoms with Crippen molar-refractivity contribution < 1.29 is 9.53 Å². The lowest BCUT2D eigenvalue weighted by atomic mass is 10.1. The Hall–Kier alpha value is -2.53. The van der Waals surface area contributed by atoms with Gasteiger partial charge in [-0.3, -0.25) is 9.48 Å². The van der Waals surface area contributed by atoms with Crippen LogP contribution < -0.4 is 10.1 Å². The summed E-state index contributed by atoms with van der Waals surface area (Å²) in [4.78, 5) is 12.1. The number of hydrogen-bond donors (Lipinski definition) is 1. The molecule has 3 aromatic rings. The van der Waals surface area contributed by atoms with Crippen molar-refractivity contribution in [2.24, 2.45) is 0 Å². The van der Waals surface area contributed by atoms with Crippen LogP contribution in [-0.2, 0) is 17.8 Å². The van der Waals surface area contributed by atoms with E-state index in [9.17, 15) is 4.79 Å². The number of rotatable bonds is 7. The number of hydrogen-bond acceptors (Lipinski definition) is 3. The SMILES string of the molecule is COc1cccc(CCNC(=O)CCn2ncc3c(Cl)cccc32)c1. The predicted molar refractivity (Wildman–Crippen MR) is 99.1 cm³/mol. The van der Waals surface area contributed by atoms with Crippen molar-refractivity contribution in [3.63, 3.8) is 0 Å². The molecular weight excluding hydrogens is 338 g/mol. The molecule has 3 rings (SSSR count). The molecule has 0 radical (unpaired) electrons. The van der Waals surface area contributed by atoms with Gasteiger partial charge in [-0.2, -0.15) is 5.10 Å². The third-order valence-corrected chi connectivity index (χ3v) is 4.38. The van der Waals surface area contributed by atoms with E-state index in [1.165, 1.54) is 0 Å². The first-order chi connectivity index (χ1) is 12.2. The first kappa shape index (κ1) is 17.3. The predicted octanol–water partition coefficient (Wildman–Crippen LogP) is 3.45. The van der Waals surface area contributed by atoms with Gasteiger partial charge in [0.25, 0.3) is 0 Å². The quantitative estimate of drug-likeness (QED) is 0.704. The zero-order valence-corrected chi connectivity index (χ0v) is 14.8. The number of carbonyl (C=O) groups excluding carboxylic acids is 1. The summed E-state index contributed by atoms with van der Waals surface area (Å²) >= 11 is 6.14. The Balaban J connectivity index is 1.48. The van der Waals surface area contributed by atoms with Crippen LogP contribution >= 0.6 is 11.6 Å². The summed E-state index contributed by atoms with van der Waals surface area (Å²) in [6.07, 6.45) is 2.88. The fourth-order valence-corrected chi connectivity index (χ4v) is 2.93. The van der Waals surface area contributed by atoms with Crippen LogP contribution in [0.4, 0.5) is 0 Å². The summed E-state index contributed by atoms with van der Waals surface area (Å²) in [5.41, 5.74) is 2.07. The van der Waals surface area contributed by atoms with Gasteiger partial charge in [0.15, 0.2) is 0 Å². The molecule has 6 heteroatoms. The van der Waals surface area contributed by atoms with Crippen molar-refractivity contribution in [2.45, 2.75) is 19.4 Å². The van der Waals surface area contributed by atoms with Crippen LogP contribution in [0.3, 0.4) is 0 Å². The van der Waals surface area contributed by atoms with Crippen LogP contribution in [-0.4, -0.2) is 29.3 Å². The van der Waals surface area contributed by atoms with Gasteiger partial charge >= 0.3 is 0 Å². The van der Waals surface area contributed by atoms with Gasteiger partial charge in [-0.15, -0.1) is 0 Å². The lowest BCUT2D eigenvalue weighted by Crippen LogP contribution is -2.26. The Bertz CT molecular complexity index is 876. The van der Waals surface area contributed by atoms with Gasteiger partial charge in [-0.1, -0.05) is 29.8 Å². The number of aryl methyl sites for hydroxylation is 1. The van der Waals surface area contributed by atoms with Crippen molar-refractivity contribution in [1.29, 1.82) is 0 Å². The van der Waals surface area contributed by atoms with E-state index in [0.29, 0.717) is 24.5 Å². The van der Waals surface area contributed by atoms with Crippen molar-refractivity contribution in [1.82, 2.24) is 15.1 Å². The second kappa shape index (κ2) is 8.03. The molecule has 0 aliphatic heterocycles. The molecule has 0 aliphatic carbocycles. The molecule has 0 saturated heterocycles. The molecule has 0 unspecified atom stereocenters. The number of aromatic nitrogens is 2. The fraction of sp³-hybridized carbons (Fsp3) is 0.263. The van der Waals surface area contributed by atoms with E-state index in [1.807, 2.05) is 47.1 Å². The molecular formula is C19H20ClN3O2. The van der Waals surface area contributed by atoms with E-state index in [4.69, 9.17) is 16.3 Å². The zero-order chi connectivity index (χ0) is 17.6. The normalized spacial score (nSPS) is 10.8. The van der Waals surface area contributed by atoms with Crippen LogP contribution in [0.1, 0.15) is 12.0 Å². The number of methoxy groups -OCH3 is 1. The Morgan fingerprint density at radius 3 is 2.96 bits per heavy atom. The molecule has 5 nitrogen and oxygen atoms in total. The highest BCUT2D eigenvalue weighted by atomic mass is 35.5. The van der Waals surface area contributed by atoms with Gasteiger partial charge in [-0.25, -0.2) is 0 Å². The van der Waals surface area contributed by atoms with E-state index in [2.05, 4.69) is 10.4 Å². The first-order valence-electron chi connectivity index (χ1n) is 8.17. The van der Waals surface area contributed by atoms with Gasteiger partial charge in [0.05, 0.1) is 30.4 Å². The van der Waals surface area contributed by atoms with Gasteiger partial charge in [0, 0.05) is 18.4 Å². The van der Waals surface area contributed by atoms with Gasteiger partial charge in [0.1, 0.15) is 5.75 Å². The molecule has 25 heavy (non-hydrogen) atoms. The number of nitrogens with zero attached hydrogens (tertiary/aromatic N) is 2. The molecule has 0 fully saturated rings. The van der Waals surface area contributed by atoms with Crippen LogP contribution in [0.5, 0.6) is 5.75 Å². The number of amides is 1. The maximum Gasteiger partial charge on any atom is 0.221 e. The molecule has 0 spiro atoms. The number of benzene rings is 2. The van der Waals surface area contributed by atoms with Gasteiger partial charge in [0.2, 0.25) is 5.91 Å². The van der Waals surface area contributed by atoms with E-state index in [1.54, 1.807) is 13.3 Å². The Morgan fingerprint density at radius 2 is 2.12 bits per heavy atom. The second-order valence-electron chi connectivity index (χ2n) is 5.74. The third kappa shape index (κ3) is 4.31. The molecule has 0 saturated carbocycles. The number of fused-ring (bicyclic) bond motifs is 1. The third-order valence-electron chi connectivity index (χ3n) is 4.05. The van der Waals surface area contributed by atoms with Crippen LogP contribution in [0, 0.1) is 0 Å². The molecule has 1 N–H and O–H groups in total. The Kier molecular flexibility index (Phi) is 5.56. The molecule has 1 aromatic heterocycles. The molecule has 0 bridgehead atoms. The van der Waals surface area contributed by atoms with E-state index < -0.39 is 0 Å². The van der Waals surface area contributed by atoms with Gasteiger partial charge < -0.3 is 10.1 Å². The van der Waals surface area contributed by atoms with Crippen molar-refractivity contribution >= 4 is 28.4 Å². The molecule has 1 amide bonds. The summed E-state index contributed by atoms with van der Waals surface area (Å²) < 4.78 is 7.01. The summed E-state index contributed by atoms with van der Waals surface area (Å²) in [6.45, 7) is 1.12. The van der Waals surface area contributed by atoms with Crippen LogP contribution in [0.2, 0.25) is 5.02 Å². The summed E-state index contributed by atoms with van der Waals surface area (Å²) in [7, 11) is 1.65. The minimum Gasteiger partial charge on any atom is -0.497 e. The minimum absolute atomic E-state index is 0.00794. The zero-order valence-electron chi connectivity index (χ0n) is 14.0. The summed E-state index contributed by atoms with van der Waals surface area (Å²) in [5.74, 6) is 0.835. The standard InChI is InChI=1S/C19H20ClN3O2/c1-25-15-5-2-4-14(12-15)8-10-21-19(24)9-11-23-18-7-3-6-17(20)16(18)13-22-23/h2-7,12-13H,8-11H2,1H3,(H,21,24). The largest absolute Gasteiger partial charge is 0.497 e. The topological polar surface area (TPSA) is 56.1 Å². The van der Waals surface area contributed by atoms with Gasteiger partial charge in [-0.05, 0) is 36.2 Å². The maximum absolute atomic E-state index is 12.1. The number of nitrogens with one attached hydrogen (secondary N) is 1. The fourth-order valence-electron chi connectivity index (χ4n) is 2.72. The molecule has 1 heterocycles. The average Bonchev–Trinajstić information content (AvgIpc) is 3.05. The maximum atomic E-state index is 12.1. The van der Waals surface area contributed by atoms with Crippen molar-refractivity contribution in [3.05, 3.63) is 59.2 Å². The number of carbonyl (C=O) groups is 1. The Morgan fingerprint density at radius 1 is 1.28 bits per heavy atom. The molecule has 0 aliphatic rings. The number of halogens is 1. The molecule has 130 valence electrons. The van der Waals surface area contributed by atoms with E-state index in [-0.39, 0.29) is 5.91 Å². The van der Waals surface area contributed by atoms with Crippen molar-refractivity contribution in [3.8, 4) is 5.75 Å². The minimum atomic E-state index is 0.00794. The van der Waals surface area contributed by atoms with Crippen molar-refractivity contribution in [2.75, 3.05) is 13.7 Å². The summed E-state index contributed by atoms with van der Waals surface area (Å²) in [5, 5.41) is 8.83. The van der Waals surface area contributed by atoms with E-state index in [0.717, 1.165) is 28.6 Å². The highest BCUT2D eigenvalue weighted by Crippen LogP contribution is 2.22.